The zero-order valence-corrected chi connectivity index (χ0v) is 19.1. The number of pyridine rings is 1. The molecule has 1 aromatic carbocycles. The van der Waals surface area contributed by atoms with E-state index in [1.54, 1.807) is 23.1 Å². The molecule has 1 aliphatic heterocycles. The standard InChI is InChI=1S/C22H22ClN5S2/c1-2-29-22-26-18-17-15(13-23)12-16(14-6-4-3-5-7-14)25-21(17)30-19(18)20(27-22)28-10-8-24-9-11-28/h3-7,12,24H,2,8-11,13H2,1H3. The van der Waals surface area contributed by atoms with Crippen LogP contribution in [0.5, 0.6) is 0 Å². The molecule has 154 valence electrons. The van der Waals surface area contributed by atoms with Crippen LogP contribution in [0.3, 0.4) is 0 Å². The van der Waals surface area contributed by atoms with Crippen molar-refractivity contribution in [3.8, 4) is 11.3 Å². The van der Waals surface area contributed by atoms with Crippen molar-refractivity contribution >= 4 is 61.0 Å². The molecule has 0 saturated carbocycles. The summed E-state index contributed by atoms with van der Waals surface area (Å²) in [5.41, 5.74) is 4.10. The van der Waals surface area contributed by atoms with Gasteiger partial charge in [0.25, 0.3) is 0 Å². The lowest BCUT2D eigenvalue weighted by Crippen LogP contribution is -2.44. The van der Waals surface area contributed by atoms with Crippen molar-refractivity contribution in [1.29, 1.82) is 0 Å². The number of aromatic nitrogens is 3. The largest absolute Gasteiger partial charge is 0.353 e. The lowest BCUT2D eigenvalue weighted by Gasteiger charge is -2.28. The topological polar surface area (TPSA) is 53.9 Å². The van der Waals surface area contributed by atoms with E-state index in [1.807, 2.05) is 18.2 Å². The molecular formula is C22H22ClN5S2. The van der Waals surface area contributed by atoms with E-state index >= 15 is 0 Å². The first kappa shape index (κ1) is 20.0. The van der Waals surface area contributed by atoms with Crippen molar-refractivity contribution in [2.45, 2.75) is 18.0 Å². The van der Waals surface area contributed by atoms with E-state index in [0.29, 0.717) is 5.88 Å². The van der Waals surface area contributed by atoms with Crippen LogP contribution in [0.2, 0.25) is 0 Å². The van der Waals surface area contributed by atoms with Crippen LogP contribution in [0.1, 0.15) is 12.5 Å². The number of hydrogen-bond acceptors (Lipinski definition) is 7. The summed E-state index contributed by atoms with van der Waals surface area (Å²) in [5.74, 6) is 2.39. The van der Waals surface area contributed by atoms with Gasteiger partial charge in [-0.2, -0.15) is 0 Å². The molecule has 1 fully saturated rings. The molecule has 0 bridgehead atoms. The van der Waals surface area contributed by atoms with Crippen LogP contribution in [0.4, 0.5) is 5.82 Å². The Morgan fingerprint density at radius 1 is 1.13 bits per heavy atom. The normalized spacial score (nSPS) is 14.7. The third kappa shape index (κ3) is 3.64. The number of rotatable bonds is 5. The number of piperazine rings is 1. The van der Waals surface area contributed by atoms with Gasteiger partial charge in [-0.3, -0.25) is 0 Å². The third-order valence-electron chi connectivity index (χ3n) is 5.23. The Kier molecular flexibility index (Phi) is 5.78. The summed E-state index contributed by atoms with van der Waals surface area (Å²) < 4.78 is 1.11. The van der Waals surface area contributed by atoms with Gasteiger partial charge in [-0.05, 0) is 17.4 Å². The predicted octanol–water partition coefficient (Wildman–Crippen LogP) is 5.17. The summed E-state index contributed by atoms with van der Waals surface area (Å²) in [6, 6.07) is 12.4. The predicted molar refractivity (Wildman–Crippen MR) is 129 cm³/mol. The molecule has 5 rings (SSSR count). The minimum absolute atomic E-state index is 0.425. The lowest BCUT2D eigenvalue weighted by molar-refractivity contribution is 0.584. The number of benzene rings is 1. The summed E-state index contributed by atoms with van der Waals surface area (Å²) in [7, 11) is 0. The van der Waals surface area contributed by atoms with Crippen molar-refractivity contribution in [1.82, 2.24) is 20.3 Å². The van der Waals surface area contributed by atoms with E-state index in [1.165, 1.54) is 0 Å². The minimum Gasteiger partial charge on any atom is -0.353 e. The molecule has 0 radical (unpaired) electrons. The Bertz CT molecular complexity index is 1190. The van der Waals surface area contributed by atoms with Crippen molar-refractivity contribution in [2.75, 3.05) is 36.8 Å². The second-order valence-electron chi connectivity index (χ2n) is 7.13. The number of nitrogens with zero attached hydrogens (tertiary/aromatic N) is 4. The van der Waals surface area contributed by atoms with Crippen LogP contribution in [-0.2, 0) is 5.88 Å². The summed E-state index contributed by atoms with van der Waals surface area (Å²) in [6.45, 7) is 5.96. The molecule has 0 aliphatic carbocycles. The van der Waals surface area contributed by atoms with Gasteiger partial charge in [-0.25, -0.2) is 15.0 Å². The summed E-state index contributed by atoms with van der Waals surface area (Å²) in [5, 5.41) is 5.32. The van der Waals surface area contributed by atoms with E-state index in [4.69, 9.17) is 26.6 Å². The second-order valence-corrected chi connectivity index (χ2v) is 9.62. The minimum atomic E-state index is 0.425. The zero-order valence-electron chi connectivity index (χ0n) is 16.7. The molecule has 0 amide bonds. The quantitative estimate of drug-likeness (QED) is 0.254. The second kappa shape index (κ2) is 8.67. The highest BCUT2D eigenvalue weighted by atomic mass is 35.5. The average Bonchev–Trinajstić information content (AvgIpc) is 3.18. The van der Waals surface area contributed by atoms with Gasteiger partial charge in [0.1, 0.15) is 4.83 Å². The molecule has 1 N–H and O–H groups in total. The number of alkyl halides is 1. The Morgan fingerprint density at radius 3 is 2.67 bits per heavy atom. The molecule has 5 nitrogen and oxygen atoms in total. The van der Waals surface area contributed by atoms with Gasteiger partial charge in [0.2, 0.25) is 0 Å². The van der Waals surface area contributed by atoms with E-state index in [0.717, 1.165) is 80.2 Å². The number of nitrogens with one attached hydrogen (secondary N) is 1. The molecule has 8 heteroatoms. The van der Waals surface area contributed by atoms with Gasteiger partial charge in [-0.1, -0.05) is 49.0 Å². The zero-order chi connectivity index (χ0) is 20.5. The van der Waals surface area contributed by atoms with Gasteiger partial charge in [0.15, 0.2) is 11.0 Å². The summed E-state index contributed by atoms with van der Waals surface area (Å²) in [6.07, 6.45) is 0. The van der Waals surface area contributed by atoms with E-state index < -0.39 is 0 Å². The van der Waals surface area contributed by atoms with E-state index in [9.17, 15) is 0 Å². The van der Waals surface area contributed by atoms with Gasteiger partial charge in [-0.15, -0.1) is 22.9 Å². The fourth-order valence-corrected chi connectivity index (χ4v) is 5.78. The van der Waals surface area contributed by atoms with Gasteiger partial charge >= 0.3 is 0 Å². The monoisotopic (exact) mass is 455 g/mol. The van der Waals surface area contributed by atoms with Crippen LogP contribution in [0, 0.1) is 0 Å². The number of fused-ring (bicyclic) bond motifs is 3. The van der Waals surface area contributed by atoms with Crippen LogP contribution in [0.25, 0.3) is 31.7 Å². The van der Waals surface area contributed by atoms with E-state index in [-0.39, 0.29) is 0 Å². The number of thiophene rings is 1. The van der Waals surface area contributed by atoms with Crippen LogP contribution in [0.15, 0.2) is 41.6 Å². The Labute approximate surface area is 188 Å². The summed E-state index contributed by atoms with van der Waals surface area (Å²) >= 11 is 9.78. The highest BCUT2D eigenvalue weighted by molar-refractivity contribution is 7.99. The average molecular weight is 456 g/mol. The highest BCUT2D eigenvalue weighted by Gasteiger charge is 2.22. The molecule has 1 aliphatic rings. The molecule has 0 spiro atoms. The Morgan fingerprint density at radius 2 is 1.93 bits per heavy atom. The third-order valence-corrected chi connectivity index (χ3v) is 7.32. The molecule has 3 aromatic heterocycles. The van der Waals surface area contributed by atoms with Crippen LogP contribution in [-0.4, -0.2) is 46.9 Å². The lowest BCUT2D eigenvalue weighted by atomic mass is 10.1. The van der Waals surface area contributed by atoms with Gasteiger partial charge in [0, 0.05) is 43.0 Å². The first-order valence-corrected chi connectivity index (χ1v) is 12.5. The van der Waals surface area contributed by atoms with Crippen molar-refractivity contribution in [3.63, 3.8) is 0 Å². The number of anilines is 1. The van der Waals surface area contributed by atoms with Gasteiger partial charge in [0.05, 0.1) is 15.9 Å². The van der Waals surface area contributed by atoms with Crippen LogP contribution >= 0.6 is 34.7 Å². The summed E-state index contributed by atoms with van der Waals surface area (Å²) in [4.78, 5) is 18.2. The van der Waals surface area contributed by atoms with Crippen molar-refractivity contribution < 1.29 is 0 Å². The maximum Gasteiger partial charge on any atom is 0.190 e. The Balaban J connectivity index is 1.77. The maximum atomic E-state index is 6.42. The maximum absolute atomic E-state index is 6.42. The molecule has 30 heavy (non-hydrogen) atoms. The molecule has 4 heterocycles. The Hall–Kier alpha value is -1.93. The number of hydrogen-bond donors (Lipinski definition) is 1. The number of halogens is 1. The van der Waals surface area contributed by atoms with Gasteiger partial charge < -0.3 is 10.2 Å². The SMILES string of the molecule is CCSc1nc(N2CCNCC2)c2sc3nc(-c4ccccc4)cc(CCl)c3c2n1. The first-order valence-electron chi connectivity index (χ1n) is 10.1. The smallest absolute Gasteiger partial charge is 0.190 e. The first-order chi connectivity index (χ1) is 14.8. The fourth-order valence-electron chi connectivity index (χ4n) is 3.82. The highest BCUT2D eigenvalue weighted by Crippen LogP contribution is 2.41. The molecular weight excluding hydrogens is 434 g/mol. The molecule has 0 unspecified atom stereocenters. The molecule has 0 atom stereocenters. The van der Waals surface area contributed by atoms with E-state index in [2.05, 4.69) is 35.3 Å². The number of thioether (sulfide) groups is 1. The fraction of sp³-hybridized carbons (Fsp3) is 0.318. The molecule has 1 saturated heterocycles. The van der Waals surface area contributed by atoms with Crippen molar-refractivity contribution in [3.05, 3.63) is 42.0 Å². The van der Waals surface area contributed by atoms with Crippen LogP contribution < -0.4 is 10.2 Å². The molecule has 4 aromatic rings. The van der Waals surface area contributed by atoms with Crippen molar-refractivity contribution in [2.24, 2.45) is 0 Å².